The number of carbonyl (C=O) groups is 2. The van der Waals surface area contributed by atoms with Gasteiger partial charge in [-0.3, -0.25) is 14.6 Å². The van der Waals surface area contributed by atoms with Gasteiger partial charge in [0, 0.05) is 24.0 Å². The van der Waals surface area contributed by atoms with E-state index in [9.17, 15) is 9.59 Å². The molecule has 1 aliphatic rings. The Morgan fingerprint density at radius 1 is 1.22 bits per heavy atom. The smallest absolute Gasteiger partial charge is 0.257 e. The normalized spacial score (nSPS) is 13.4. The highest BCUT2D eigenvalue weighted by Crippen LogP contribution is 2.28. The summed E-state index contributed by atoms with van der Waals surface area (Å²) < 4.78 is 0. The van der Waals surface area contributed by atoms with Crippen molar-refractivity contribution in [2.75, 3.05) is 11.9 Å². The molecule has 1 saturated carbocycles. The van der Waals surface area contributed by atoms with E-state index in [-0.39, 0.29) is 11.8 Å². The van der Waals surface area contributed by atoms with Gasteiger partial charge in [0.25, 0.3) is 11.8 Å². The molecule has 23 heavy (non-hydrogen) atoms. The Balaban J connectivity index is 1.77. The standard InChI is InChI=1S/C17H16ClN3O2/c18-13-5-6-15(21-16(22)12-2-1-7-19-10-12)14(8-13)17(23)20-9-11-3-4-11/h1-2,5-8,10-11H,3-4,9H2,(H,20,23)(H,21,22). The van der Waals surface area contributed by atoms with Crippen molar-refractivity contribution in [3.8, 4) is 0 Å². The molecule has 3 rings (SSSR count). The van der Waals surface area contributed by atoms with Gasteiger partial charge in [0.05, 0.1) is 16.8 Å². The highest BCUT2D eigenvalue weighted by atomic mass is 35.5. The Bertz CT molecular complexity index is 730. The molecule has 0 spiro atoms. The number of nitrogens with one attached hydrogen (secondary N) is 2. The summed E-state index contributed by atoms with van der Waals surface area (Å²) in [6, 6.07) is 8.16. The van der Waals surface area contributed by atoms with Gasteiger partial charge in [-0.2, -0.15) is 0 Å². The number of carbonyl (C=O) groups excluding carboxylic acids is 2. The molecule has 2 amide bonds. The summed E-state index contributed by atoms with van der Waals surface area (Å²) in [5.41, 5.74) is 1.21. The van der Waals surface area contributed by atoms with Crippen LogP contribution in [0.4, 0.5) is 5.69 Å². The van der Waals surface area contributed by atoms with Gasteiger partial charge in [0.1, 0.15) is 0 Å². The van der Waals surface area contributed by atoms with E-state index in [1.165, 1.54) is 6.20 Å². The highest BCUT2D eigenvalue weighted by Gasteiger charge is 2.23. The molecule has 1 heterocycles. The third-order valence-electron chi connectivity index (χ3n) is 3.65. The van der Waals surface area contributed by atoms with Crippen LogP contribution in [0.5, 0.6) is 0 Å². The van der Waals surface area contributed by atoms with Crippen LogP contribution in [0.15, 0.2) is 42.7 Å². The first-order valence-corrected chi connectivity index (χ1v) is 7.80. The van der Waals surface area contributed by atoms with E-state index in [0.717, 1.165) is 12.8 Å². The van der Waals surface area contributed by atoms with Crippen LogP contribution < -0.4 is 10.6 Å². The molecule has 2 aromatic rings. The largest absolute Gasteiger partial charge is 0.352 e. The number of hydrogen-bond donors (Lipinski definition) is 2. The van der Waals surface area contributed by atoms with E-state index < -0.39 is 0 Å². The van der Waals surface area contributed by atoms with Gasteiger partial charge in [-0.25, -0.2) is 0 Å². The Labute approximate surface area is 139 Å². The van der Waals surface area contributed by atoms with Gasteiger partial charge < -0.3 is 10.6 Å². The maximum absolute atomic E-state index is 12.3. The number of pyridine rings is 1. The number of hydrogen-bond acceptors (Lipinski definition) is 3. The molecule has 0 atom stereocenters. The highest BCUT2D eigenvalue weighted by molar-refractivity contribution is 6.31. The molecule has 1 aliphatic carbocycles. The maximum Gasteiger partial charge on any atom is 0.257 e. The number of anilines is 1. The maximum atomic E-state index is 12.3. The molecule has 118 valence electrons. The molecular weight excluding hydrogens is 314 g/mol. The Kier molecular flexibility index (Phi) is 4.57. The Morgan fingerprint density at radius 3 is 2.74 bits per heavy atom. The van der Waals surface area contributed by atoms with E-state index in [1.807, 2.05) is 0 Å². The molecule has 0 radical (unpaired) electrons. The van der Waals surface area contributed by atoms with Crippen molar-refractivity contribution in [1.82, 2.24) is 10.3 Å². The van der Waals surface area contributed by atoms with Crippen LogP contribution in [0.3, 0.4) is 0 Å². The van der Waals surface area contributed by atoms with Crippen molar-refractivity contribution in [2.24, 2.45) is 5.92 Å². The molecule has 0 bridgehead atoms. The van der Waals surface area contributed by atoms with Crippen LogP contribution in [0, 0.1) is 5.92 Å². The summed E-state index contributed by atoms with van der Waals surface area (Å²) in [6.45, 7) is 0.654. The Morgan fingerprint density at radius 2 is 2.04 bits per heavy atom. The van der Waals surface area contributed by atoms with E-state index in [0.29, 0.717) is 34.3 Å². The lowest BCUT2D eigenvalue weighted by Crippen LogP contribution is -2.27. The third-order valence-corrected chi connectivity index (χ3v) is 3.88. The van der Waals surface area contributed by atoms with Crippen molar-refractivity contribution in [2.45, 2.75) is 12.8 Å². The lowest BCUT2D eigenvalue weighted by atomic mass is 10.1. The lowest BCUT2D eigenvalue weighted by molar-refractivity contribution is 0.0952. The number of amides is 2. The second-order valence-electron chi connectivity index (χ2n) is 5.54. The van der Waals surface area contributed by atoms with E-state index in [4.69, 9.17) is 11.6 Å². The molecule has 1 aromatic heterocycles. The number of rotatable bonds is 5. The number of benzene rings is 1. The summed E-state index contributed by atoms with van der Waals surface area (Å²) in [5, 5.41) is 6.07. The fourth-order valence-corrected chi connectivity index (χ4v) is 2.33. The minimum Gasteiger partial charge on any atom is -0.352 e. The molecular formula is C17H16ClN3O2. The molecule has 6 heteroatoms. The fourth-order valence-electron chi connectivity index (χ4n) is 2.16. The predicted octanol–water partition coefficient (Wildman–Crippen LogP) is 3.13. The number of nitrogens with zero attached hydrogens (tertiary/aromatic N) is 1. The van der Waals surface area contributed by atoms with Gasteiger partial charge in [0.2, 0.25) is 0 Å². The third kappa shape index (κ3) is 4.07. The minimum absolute atomic E-state index is 0.235. The average molecular weight is 330 g/mol. The van der Waals surface area contributed by atoms with Gasteiger partial charge in [-0.15, -0.1) is 0 Å². The van der Waals surface area contributed by atoms with Crippen LogP contribution >= 0.6 is 11.6 Å². The average Bonchev–Trinajstić information content (AvgIpc) is 3.39. The Hall–Kier alpha value is -2.40. The molecule has 2 N–H and O–H groups in total. The number of aromatic nitrogens is 1. The van der Waals surface area contributed by atoms with Gasteiger partial charge in [0.15, 0.2) is 0 Å². The van der Waals surface area contributed by atoms with Crippen molar-refractivity contribution >= 4 is 29.1 Å². The van der Waals surface area contributed by atoms with Gasteiger partial charge in [-0.05, 0) is 49.1 Å². The minimum atomic E-state index is -0.323. The van der Waals surface area contributed by atoms with Crippen molar-refractivity contribution in [1.29, 1.82) is 0 Å². The number of halogens is 1. The zero-order valence-electron chi connectivity index (χ0n) is 12.4. The van der Waals surface area contributed by atoms with Crippen molar-refractivity contribution in [3.63, 3.8) is 0 Å². The molecule has 0 aliphatic heterocycles. The van der Waals surface area contributed by atoms with Crippen LogP contribution in [0.25, 0.3) is 0 Å². The van der Waals surface area contributed by atoms with E-state index in [1.54, 1.807) is 36.5 Å². The first-order chi connectivity index (χ1) is 11.1. The topological polar surface area (TPSA) is 71.1 Å². The van der Waals surface area contributed by atoms with Crippen molar-refractivity contribution in [3.05, 3.63) is 58.9 Å². The zero-order chi connectivity index (χ0) is 16.2. The van der Waals surface area contributed by atoms with Gasteiger partial charge >= 0.3 is 0 Å². The molecule has 0 saturated heterocycles. The van der Waals surface area contributed by atoms with Crippen LogP contribution in [0.1, 0.15) is 33.6 Å². The van der Waals surface area contributed by atoms with Gasteiger partial charge in [-0.1, -0.05) is 11.6 Å². The van der Waals surface area contributed by atoms with Crippen LogP contribution in [0.2, 0.25) is 5.02 Å². The summed E-state index contributed by atoms with van der Waals surface area (Å²) in [6.07, 6.45) is 5.37. The lowest BCUT2D eigenvalue weighted by Gasteiger charge is -2.12. The first-order valence-electron chi connectivity index (χ1n) is 7.42. The SMILES string of the molecule is O=C(Nc1ccc(Cl)cc1C(=O)NCC1CC1)c1cccnc1. The van der Waals surface area contributed by atoms with E-state index >= 15 is 0 Å². The molecule has 1 aromatic carbocycles. The fraction of sp³-hybridized carbons (Fsp3) is 0.235. The first kappa shape index (κ1) is 15.5. The molecule has 0 unspecified atom stereocenters. The van der Waals surface area contributed by atoms with Crippen LogP contribution in [-0.2, 0) is 0 Å². The predicted molar refractivity (Wildman–Crippen MR) is 88.7 cm³/mol. The van der Waals surface area contributed by atoms with Crippen LogP contribution in [-0.4, -0.2) is 23.3 Å². The second-order valence-corrected chi connectivity index (χ2v) is 5.98. The van der Waals surface area contributed by atoms with E-state index in [2.05, 4.69) is 15.6 Å². The summed E-state index contributed by atoms with van der Waals surface area (Å²) in [5.74, 6) is 0.0177. The zero-order valence-corrected chi connectivity index (χ0v) is 13.1. The summed E-state index contributed by atoms with van der Waals surface area (Å²) >= 11 is 5.99. The summed E-state index contributed by atoms with van der Waals surface area (Å²) in [4.78, 5) is 28.5. The molecule has 5 nitrogen and oxygen atoms in total. The second kappa shape index (κ2) is 6.79. The monoisotopic (exact) mass is 329 g/mol. The molecule has 1 fully saturated rings. The summed E-state index contributed by atoms with van der Waals surface area (Å²) in [7, 11) is 0. The van der Waals surface area contributed by atoms with Crippen molar-refractivity contribution < 1.29 is 9.59 Å². The quantitative estimate of drug-likeness (QED) is 0.885.